The van der Waals surface area contributed by atoms with Gasteiger partial charge < -0.3 is 15.4 Å². The minimum atomic E-state index is -0.494. The van der Waals surface area contributed by atoms with E-state index in [0.717, 1.165) is 5.75 Å². The first-order valence-electron chi connectivity index (χ1n) is 7.68. The predicted octanol–water partition coefficient (Wildman–Crippen LogP) is 4.03. The Balaban J connectivity index is 1.73. The molecular weight excluding hydrogens is 422 g/mol. The number of anilines is 1. The van der Waals surface area contributed by atoms with E-state index < -0.39 is 4.92 Å². The van der Waals surface area contributed by atoms with Gasteiger partial charge in [0.1, 0.15) is 5.75 Å². The molecule has 0 saturated carbocycles. The Morgan fingerprint density at radius 3 is 2.62 bits per heavy atom. The van der Waals surface area contributed by atoms with Crippen molar-refractivity contribution in [2.75, 3.05) is 11.9 Å². The van der Waals surface area contributed by atoms with Gasteiger partial charge in [-0.2, -0.15) is 0 Å². The number of thiocarbonyl (C=S) groups is 1. The maximum absolute atomic E-state index is 11.9. The summed E-state index contributed by atoms with van der Waals surface area (Å²) in [6.07, 6.45) is 0.806. The third-order valence-corrected chi connectivity index (χ3v) is 4.08. The zero-order chi connectivity index (χ0) is 18.9. The highest BCUT2D eigenvalue weighted by molar-refractivity contribution is 9.10. The Morgan fingerprint density at radius 1 is 1.23 bits per heavy atom. The molecule has 0 aliphatic heterocycles. The van der Waals surface area contributed by atoms with Gasteiger partial charge in [-0.25, -0.2) is 0 Å². The summed E-state index contributed by atoms with van der Waals surface area (Å²) in [5.74, 6) is 0.519. The number of amides is 1. The van der Waals surface area contributed by atoms with Crippen LogP contribution in [0.15, 0.2) is 53.0 Å². The fraction of sp³-hybridized carbons (Fsp3) is 0.176. The van der Waals surface area contributed by atoms with Gasteiger partial charge in [0.2, 0.25) is 5.91 Å². The highest BCUT2D eigenvalue weighted by Gasteiger charge is 2.11. The van der Waals surface area contributed by atoms with Crippen LogP contribution in [-0.4, -0.2) is 22.5 Å². The Hall–Kier alpha value is -2.52. The Labute approximate surface area is 164 Å². The zero-order valence-corrected chi connectivity index (χ0v) is 16.0. The molecule has 2 aromatic rings. The number of non-ortho nitro benzene ring substituents is 1. The maximum Gasteiger partial charge on any atom is 0.270 e. The fourth-order valence-corrected chi connectivity index (χ4v) is 2.69. The van der Waals surface area contributed by atoms with Gasteiger partial charge in [0.25, 0.3) is 5.69 Å². The van der Waals surface area contributed by atoms with Crippen molar-refractivity contribution >= 4 is 50.5 Å². The first-order chi connectivity index (χ1) is 12.5. The van der Waals surface area contributed by atoms with E-state index in [1.165, 1.54) is 18.2 Å². The van der Waals surface area contributed by atoms with E-state index in [1.807, 2.05) is 30.3 Å². The molecule has 0 aliphatic carbocycles. The van der Waals surface area contributed by atoms with Crippen LogP contribution in [0.1, 0.15) is 12.8 Å². The highest BCUT2D eigenvalue weighted by atomic mass is 79.9. The van der Waals surface area contributed by atoms with E-state index in [9.17, 15) is 14.9 Å². The lowest BCUT2D eigenvalue weighted by atomic mass is 10.3. The van der Waals surface area contributed by atoms with Crippen molar-refractivity contribution in [3.05, 3.63) is 63.1 Å². The van der Waals surface area contributed by atoms with Crippen LogP contribution in [0, 0.1) is 10.1 Å². The number of nitrogens with zero attached hydrogens (tertiary/aromatic N) is 1. The highest BCUT2D eigenvalue weighted by Crippen LogP contribution is 2.26. The van der Waals surface area contributed by atoms with E-state index >= 15 is 0 Å². The minimum Gasteiger partial charge on any atom is -0.494 e. The smallest absolute Gasteiger partial charge is 0.270 e. The summed E-state index contributed by atoms with van der Waals surface area (Å²) in [7, 11) is 0. The summed E-state index contributed by atoms with van der Waals surface area (Å²) in [4.78, 5) is 22.1. The normalized spacial score (nSPS) is 10.0. The molecule has 0 fully saturated rings. The lowest BCUT2D eigenvalue weighted by Crippen LogP contribution is -2.34. The third kappa shape index (κ3) is 6.41. The molecule has 0 atom stereocenters. The van der Waals surface area contributed by atoms with Gasteiger partial charge >= 0.3 is 0 Å². The van der Waals surface area contributed by atoms with Gasteiger partial charge in [0, 0.05) is 23.0 Å². The van der Waals surface area contributed by atoms with E-state index in [2.05, 4.69) is 26.6 Å². The lowest BCUT2D eigenvalue weighted by molar-refractivity contribution is -0.384. The summed E-state index contributed by atoms with van der Waals surface area (Å²) in [6.45, 7) is 0.422. The van der Waals surface area contributed by atoms with Crippen molar-refractivity contribution < 1.29 is 14.5 Å². The molecular formula is C17H16BrN3O4S. The number of benzene rings is 2. The van der Waals surface area contributed by atoms with Crippen LogP contribution in [0.2, 0.25) is 0 Å². The van der Waals surface area contributed by atoms with Crippen molar-refractivity contribution in [3.8, 4) is 5.75 Å². The average molecular weight is 438 g/mol. The molecule has 0 aromatic heterocycles. The number of para-hydroxylation sites is 1. The van der Waals surface area contributed by atoms with Crippen LogP contribution < -0.4 is 15.4 Å². The first kappa shape index (κ1) is 19.8. The topological polar surface area (TPSA) is 93.5 Å². The number of nitro groups is 1. The number of ether oxygens (including phenoxy) is 1. The van der Waals surface area contributed by atoms with Gasteiger partial charge in [-0.15, -0.1) is 0 Å². The molecule has 0 spiro atoms. The fourth-order valence-electron chi connectivity index (χ4n) is 2.00. The van der Waals surface area contributed by atoms with Gasteiger partial charge in [0.15, 0.2) is 5.11 Å². The van der Waals surface area contributed by atoms with Crippen LogP contribution in [0.4, 0.5) is 11.4 Å². The Bertz CT molecular complexity index is 802. The van der Waals surface area contributed by atoms with E-state index in [4.69, 9.17) is 17.0 Å². The minimum absolute atomic E-state index is 0.0456. The molecule has 26 heavy (non-hydrogen) atoms. The molecule has 2 aromatic carbocycles. The third-order valence-electron chi connectivity index (χ3n) is 3.22. The van der Waals surface area contributed by atoms with E-state index in [0.29, 0.717) is 23.2 Å². The Morgan fingerprint density at radius 2 is 1.96 bits per heavy atom. The van der Waals surface area contributed by atoms with Gasteiger partial charge in [-0.05, 0) is 52.8 Å². The molecule has 0 saturated heterocycles. The number of carbonyl (C=O) groups is 1. The molecule has 1 amide bonds. The molecule has 2 N–H and O–H groups in total. The van der Waals surface area contributed by atoms with E-state index in [-0.39, 0.29) is 23.1 Å². The van der Waals surface area contributed by atoms with Crippen molar-refractivity contribution in [1.82, 2.24) is 5.32 Å². The molecule has 0 radical (unpaired) electrons. The van der Waals surface area contributed by atoms with Crippen LogP contribution in [0.25, 0.3) is 0 Å². The molecule has 2 rings (SSSR count). The monoisotopic (exact) mass is 437 g/mol. The molecule has 0 unspecified atom stereocenters. The molecule has 7 nitrogen and oxygen atoms in total. The van der Waals surface area contributed by atoms with Gasteiger partial charge in [-0.1, -0.05) is 18.2 Å². The summed E-state index contributed by atoms with van der Waals surface area (Å²) in [6, 6.07) is 13.6. The SMILES string of the molecule is O=C(CCCOc1ccccc1)NC(=S)Nc1ccc([N+](=O)[O-])cc1Br. The summed E-state index contributed by atoms with van der Waals surface area (Å²) >= 11 is 8.31. The number of hydrogen-bond acceptors (Lipinski definition) is 5. The van der Waals surface area contributed by atoms with Gasteiger partial charge in [0.05, 0.1) is 17.2 Å². The second-order valence-corrected chi connectivity index (χ2v) is 6.45. The summed E-state index contributed by atoms with van der Waals surface area (Å²) in [5.41, 5.74) is 0.476. The molecule has 0 heterocycles. The summed E-state index contributed by atoms with van der Waals surface area (Å²) < 4.78 is 5.99. The number of hydrogen-bond donors (Lipinski definition) is 2. The van der Waals surface area contributed by atoms with Crippen molar-refractivity contribution in [1.29, 1.82) is 0 Å². The number of carbonyl (C=O) groups excluding carboxylic acids is 1. The first-order valence-corrected chi connectivity index (χ1v) is 8.88. The summed E-state index contributed by atoms with van der Waals surface area (Å²) in [5, 5.41) is 16.2. The van der Waals surface area contributed by atoms with Crippen molar-refractivity contribution in [2.45, 2.75) is 12.8 Å². The zero-order valence-electron chi connectivity index (χ0n) is 13.6. The largest absolute Gasteiger partial charge is 0.494 e. The predicted molar refractivity (Wildman–Crippen MR) is 106 cm³/mol. The number of halogens is 1. The number of nitrogens with one attached hydrogen (secondary N) is 2. The van der Waals surface area contributed by atoms with Crippen LogP contribution in [0.3, 0.4) is 0 Å². The van der Waals surface area contributed by atoms with Crippen LogP contribution in [0.5, 0.6) is 5.75 Å². The second-order valence-electron chi connectivity index (χ2n) is 5.19. The van der Waals surface area contributed by atoms with E-state index in [1.54, 1.807) is 0 Å². The Kier molecular flexibility index (Phi) is 7.49. The molecule has 0 bridgehead atoms. The molecule has 0 aliphatic rings. The van der Waals surface area contributed by atoms with Crippen LogP contribution >= 0.6 is 28.1 Å². The number of nitro benzene ring substituents is 1. The number of rotatable bonds is 7. The molecule has 136 valence electrons. The van der Waals surface area contributed by atoms with Crippen molar-refractivity contribution in [3.63, 3.8) is 0 Å². The average Bonchev–Trinajstić information content (AvgIpc) is 2.61. The molecule has 9 heteroatoms. The lowest BCUT2D eigenvalue weighted by Gasteiger charge is -2.11. The maximum atomic E-state index is 11.9. The van der Waals surface area contributed by atoms with Gasteiger partial charge in [-0.3, -0.25) is 14.9 Å². The van der Waals surface area contributed by atoms with Crippen molar-refractivity contribution in [2.24, 2.45) is 0 Å². The standard InChI is InChI=1S/C17H16BrN3O4S/c18-14-11-12(21(23)24)8-9-15(14)19-17(26)20-16(22)7-4-10-25-13-5-2-1-3-6-13/h1-3,5-6,8-9,11H,4,7,10H2,(H2,19,20,22,26). The quantitative estimate of drug-likeness (QED) is 0.294. The second kappa shape index (κ2) is 9.83. The van der Waals surface area contributed by atoms with Crippen LogP contribution in [-0.2, 0) is 4.79 Å².